The third-order valence-electron chi connectivity index (χ3n) is 4.18. The van der Waals surface area contributed by atoms with Crippen LogP contribution in [0.5, 0.6) is 0 Å². The highest BCUT2D eigenvalue weighted by molar-refractivity contribution is 5.72. The van der Waals surface area contributed by atoms with E-state index in [9.17, 15) is 4.79 Å². The number of H-pyrrole nitrogens is 1. The number of aryl methyl sites for hydroxylation is 1. The van der Waals surface area contributed by atoms with Gasteiger partial charge in [-0.25, -0.2) is 0 Å². The standard InChI is InChI=1S/C18H25N3O2/c1-14(18(22)23)21(2)12-8-4-7-11-16-13-17(20-19-16)15-9-5-3-6-10-15/h3,5-6,9-10,13-14H,4,7-8,11-12H2,1-2H3,(H,19,20)(H,22,23). The number of hydrogen-bond acceptors (Lipinski definition) is 3. The smallest absolute Gasteiger partial charge is 0.320 e. The van der Waals surface area contributed by atoms with Gasteiger partial charge in [-0.2, -0.15) is 5.10 Å². The van der Waals surface area contributed by atoms with E-state index in [1.54, 1.807) is 6.92 Å². The molecule has 2 aromatic rings. The van der Waals surface area contributed by atoms with Crippen molar-refractivity contribution in [3.05, 3.63) is 42.1 Å². The fourth-order valence-corrected chi connectivity index (χ4v) is 2.48. The quantitative estimate of drug-likeness (QED) is 0.697. The van der Waals surface area contributed by atoms with E-state index in [0.717, 1.165) is 49.2 Å². The molecule has 0 bridgehead atoms. The molecule has 0 saturated carbocycles. The van der Waals surface area contributed by atoms with Crippen molar-refractivity contribution in [2.24, 2.45) is 0 Å². The number of hydrogen-bond donors (Lipinski definition) is 2. The molecule has 2 N–H and O–H groups in total. The Kier molecular flexibility index (Phi) is 6.35. The average molecular weight is 315 g/mol. The van der Waals surface area contributed by atoms with Crippen molar-refractivity contribution in [2.75, 3.05) is 13.6 Å². The Morgan fingerprint density at radius 2 is 2.00 bits per heavy atom. The van der Waals surface area contributed by atoms with Gasteiger partial charge in [0, 0.05) is 11.3 Å². The fourth-order valence-electron chi connectivity index (χ4n) is 2.48. The zero-order valence-corrected chi connectivity index (χ0v) is 13.8. The Hall–Kier alpha value is -2.14. The highest BCUT2D eigenvalue weighted by atomic mass is 16.4. The van der Waals surface area contributed by atoms with Crippen molar-refractivity contribution in [3.63, 3.8) is 0 Å². The molecule has 0 aliphatic carbocycles. The summed E-state index contributed by atoms with van der Waals surface area (Å²) in [7, 11) is 1.86. The van der Waals surface area contributed by atoms with Gasteiger partial charge in [0.2, 0.25) is 0 Å². The molecule has 5 heteroatoms. The predicted octanol–water partition coefficient (Wildman–Crippen LogP) is 3.19. The maximum atomic E-state index is 10.9. The van der Waals surface area contributed by atoms with Gasteiger partial charge < -0.3 is 5.11 Å². The average Bonchev–Trinajstić information content (AvgIpc) is 3.03. The zero-order valence-electron chi connectivity index (χ0n) is 13.8. The summed E-state index contributed by atoms with van der Waals surface area (Å²) >= 11 is 0. The molecule has 0 spiro atoms. The normalized spacial score (nSPS) is 12.5. The monoisotopic (exact) mass is 315 g/mol. The molecule has 0 aliphatic heterocycles. The molecule has 5 nitrogen and oxygen atoms in total. The summed E-state index contributed by atoms with van der Waals surface area (Å²) < 4.78 is 0. The first-order valence-electron chi connectivity index (χ1n) is 8.10. The summed E-state index contributed by atoms with van der Waals surface area (Å²) in [5.74, 6) is -0.765. The van der Waals surface area contributed by atoms with Gasteiger partial charge in [0.15, 0.2) is 0 Å². The van der Waals surface area contributed by atoms with E-state index in [1.807, 2.05) is 30.1 Å². The number of rotatable bonds is 9. The van der Waals surface area contributed by atoms with E-state index < -0.39 is 12.0 Å². The van der Waals surface area contributed by atoms with E-state index in [-0.39, 0.29) is 0 Å². The number of aromatic amines is 1. The summed E-state index contributed by atoms with van der Waals surface area (Å²) in [6.45, 7) is 2.53. The van der Waals surface area contributed by atoms with Crippen LogP contribution in [0.15, 0.2) is 36.4 Å². The topological polar surface area (TPSA) is 69.2 Å². The lowest BCUT2D eigenvalue weighted by Crippen LogP contribution is -2.36. The number of carboxylic acids is 1. The molecule has 1 aromatic heterocycles. The summed E-state index contributed by atoms with van der Waals surface area (Å²) in [5.41, 5.74) is 3.26. The lowest BCUT2D eigenvalue weighted by molar-refractivity contribution is -0.142. The fraction of sp³-hybridized carbons (Fsp3) is 0.444. The SMILES string of the molecule is CC(C(=O)O)N(C)CCCCCc1cc(-c2ccccc2)n[nH]1. The largest absolute Gasteiger partial charge is 0.480 e. The molecular weight excluding hydrogens is 290 g/mol. The number of likely N-dealkylation sites (N-methyl/N-ethyl adjacent to an activating group) is 1. The summed E-state index contributed by atoms with van der Waals surface area (Å²) in [5, 5.41) is 16.4. The van der Waals surface area contributed by atoms with Crippen LogP contribution < -0.4 is 0 Å². The number of benzene rings is 1. The second kappa shape index (κ2) is 8.48. The minimum atomic E-state index is -0.765. The van der Waals surface area contributed by atoms with Crippen LogP contribution in [-0.4, -0.2) is 45.8 Å². The molecule has 1 heterocycles. The van der Waals surface area contributed by atoms with Crippen molar-refractivity contribution in [3.8, 4) is 11.3 Å². The molecule has 0 aliphatic rings. The van der Waals surface area contributed by atoms with Gasteiger partial charge in [-0.15, -0.1) is 0 Å². The van der Waals surface area contributed by atoms with Gasteiger partial charge in [0.05, 0.1) is 5.69 Å². The van der Waals surface area contributed by atoms with Gasteiger partial charge in [0.25, 0.3) is 0 Å². The summed E-state index contributed by atoms with van der Waals surface area (Å²) in [6, 6.07) is 11.8. The molecule has 0 fully saturated rings. The predicted molar refractivity (Wildman–Crippen MR) is 91.3 cm³/mol. The molecule has 0 saturated heterocycles. The first-order chi connectivity index (χ1) is 11.1. The van der Waals surface area contributed by atoms with Gasteiger partial charge in [0.1, 0.15) is 6.04 Å². The van der Waals surface area contributed by atoms with E-state index in [0.29, 0.717) is 0 Å². The number of carbonyl (C=O) groups is 1. The van der Waals surface area contributed by atoms with E-state index >= 15 is 0 Å². The van der Waals surface area contributed by atoms with Crippen LogP contribution in [-0.2, 0) is 11.2 Å². The Morgan fingerprint density at radius 1 is 1.26 bits per heavy atom. The van der Waals surface area contributed by atoms with Crippen LogP contribution in [0.2, 0.25) is 0 Å². The van der Waals surface area contributed by atoms with Gasteiger partial charge >= 0.3 is 5.97 Å². The number of nitrogens with zero attached hydrogens (tertiary/aromatic N) is 2. The number of aliphatic carboxylic acids is 1. The molecule has 0 amide bonds. The first-order valence-corrected chi connectivity index (χ1v) is 8.10. The molecular formula is C18H25N3O2. The lowest BCUT2D eigenvalue weighted by atomic mass is 10.1. The van der Waals surface area contributed by atoms with Gasteiger partial charge in [-0.05, 0) is 45.8 Å². The molecule has 1 unspecified atom stereocenters. The second-order valence-electron chi connectivity index (χ2n) is 5.95. The van der Waals surface area contributed by atoms with E-state index in [2.05, 4.69) is 28.4 Å². The minimum absolute atomic E-state index is 0.420. The maximum Gasteiger partial charge on any atom is 0.320 e. The number of unbranched alkanes of at least 4 members (excludes halogenated alkanes) is 2. The van der Waals surface area contributed by atoms with Crippen LogP contribution in [0, 0.1) is 0 Å². The molecule has 0 radical (unpaired) electrons. The van der Waals surface area contributed by atoms with Gasteiger partial charge in [-0.1, -0.05) is 36.8 Å². The Bertz CT molecular complexity index is 610. The summed E-state index contributed by atoms with van der Waals surface area (Å²) in [6.07, 6.45) is 4.13. The number of aromatic nitrogens is 2. The van der Waals surface area contributed by atoms with E-state index in [1.165, 1.54) is 0 Å². The van der Waals surface area contributed by atoms with Crippen LogP contribution in [0.25, 0.3) is 11.3 Å². The summed E-state index contributed by atoms with van der Waals surface area (Å²) in [4.78, 5) is 12.8. The lowest BCUT2D eigenvalue weighted by Gasteiger charge is -2.20. The highest BCUT2D eigenvalue weighted by Gasteiger charge is 2.15. The van der Waals surface area contributed by atoms with Crippen LogP contribution in [0.3, 0.4) is 0 Å². The Labute approximate surface area is 137 Å². The Morgan fingerprint density at radius 3 is 2.70 bits per heavy atom. The first kappa shape index (κ1) is 17.2. The van der Waals surface area contributed by atoms with Crippen LogP contribution in [0.4, 0.5) is 0 Å². The van der Waals surface area contributed by atoms with Crippen LogP contribution in [0.1, 0.15) is 31.9 Å². The number of nitrogens with one attached hydrogen (secondary N) is 1. The molecule has 124 valence electrons. The molecule has 2 rings (SSSR count). The molecule has 1 aromatic carbocycles. The van der Waals surface area contributed by atoms with Crippen molar-refractivity contribution in [2.45, 2.75) is 38.6 Å². The van der Waals surface area contributed by atoms with Crippen molar-refractivity contribution in [1.29, 1.82) is 0 Å². The zero-order chi connectivity index (χ0) is 16.7. The van der Waals surface area contributed by atoms with Crippen molar-refractivity contribution < 1.29 is 9.90 Å². The van der Waals surface area contributed by atoms with Crippen LogP contribution >= 0.6 is 0 Å². The Balaban J connectivity index is 1.69. The molecule has 1 atom stereocenters. The van der Waals surface area contributed by atoms with Crippen molar-refractivity contribution in [1.82, 2.24) is 15.1 Å². The molecule has 23 heavy (non-hydrogen) atoms. The van der Waals surface area contributed by atoms with E-state index in [4.69, 9.17) is 5.11 Å². The third-order valence-corrected chi connectivity index (χ3v) is 4.18. The number of carboxylic acid groups (broad SMARTS) is 1. The third kappa shape index (κ3) is 5.21. The maximum absolute atomic E-state index is 10.9. The second-order valence-corrected chi connectivity index (χ2v) is 5.95. The minimum Gasteiger partial charge on any atom is -0.480 e. The van der Waals surface area contributed by atoms with Gasteiger partial charge in [-0.3, -0.25) is 14.8 Å². The van der Waals surface area contributed by atoms with Crippen molar-refractivity contribution >= 4 is 5.97 Å². The highest BCUT2D eigenvalue weighted by Crippen LogP contribution is 2.17.